The minimum Gasteiger partial charge on any atom is -0.478 e. The van der Waals surface area contributed by atoms with Crippen LogP contribution < -0.4 is 5.32 Å². The number of aromatic nitrogens is 2. The van der Waals surface area contributed by atoms with Gasteiger partial charge in [-0.3, -0.25) is 9.89 Å². The van der Waals surface area contributed by atoms with Crippen LogP contribution in [0.1, 0.15) is 20.7 Å². The molecular formula is C11H9N3O3. The van der Waals surface area contributed by atoms with Gasteiger partial charge < -0.3 is 10.4 Å². The van der Waals surface area contributed by atoms with E-state index in [0.29, 0.717) is 11.3 Å². The fraction of sp³-hybridized carbons (Fsp3) is 0. The van der Waals surface area contributed by atoms with E-state index in [1.54, 1.807) is 0 Å². The highest BCUT2D eigenvalue weighted by molar-refractivity contribution is 6.04. The summed E-state index contributed by atoms with van der Waals surface area (Å²) in [5.41, 5.74) is 1.11. The van der Waals surface area contributed by atoms with Gasteiger partial charge in [-0.15, -0.1) is 0 Å². The SMILES string of the molecule is O=C(O)c1ccc(NC(=O)c2cn[nH]c2)cc1. The van der Waals surface area contributed by atoms with Gasteiger partial charge in [0.1, 0.15) is 0 Å². The average Bonchev–Trinajstić information content (AvgIpc) is 2.83. The van der Waals surface area contributed by atoms with Gasteiger partial charge in [0.2, 0.25) is 0 Å². The maximum Gasteiger partial charge on any atom is 0.335 e. The lowest BCUT2D eigenvalue weighted by atomic mass is 10.2. The molecular weight excluding hydrogens is 222 g/mol. The van der Waals surface area contributed by atoms with E-state index in [2.05, 4.69) is 15.5 Å². The van der Waals surface area contributed by atoms with E-state index in [9.17, 15) is 9.59 Å². The van der Waals surface area contributed by atoms with E-state index in [1.165, 1.54) is 36.7 Å². The second-order valence-corrected chi connectivity index (χ2v) is 3.32. The molecule has 1 aromatic carbocycles. The van der Waals surface area contributed by atoms with E-state index < -0.39 is 5.97 Å². The van der Waals surface area contributed by atoms with Crippen LogP contribution in [0.15, 0.2) is 36.7 Å². The number of benzene rings is 1. The fourth-order valence-electron chi connectivity index (χ4n) is 1.27. The normalized spacial score (nSPS) is 9.88. The van der Waals surface area contributed by atoms with Gasteiger partial charge in [0.25, 0.3) is 5.91 Å². The Hall–Kier alpha value is -2.63. The lowest BCUT2D eigenvalue weighted by molar-refractivity contribution is 0.0696. The molecule has 1 heterocycles. The first kappa shape index (κ1) is 10.9. The summed E-state index contributed by atoms with van der Waals surface area (Å²) < 4.78 is 0. The van der Waals surface area contributed by atoms with Gasteiger partial charge >= 0.3 is 5.97 Å². The molecule has 1 amide bonds. The summed E-state index contributed by atoms with van der Waals surface area (Å²) >= 11 is 0. The van der Waals surface area contributed by atoms with Gasteiger partial charge in [0.15, 0.2) is 0 Å². The van der Waals surface area contributed by atoms with Gasteiger partial charge in [-0.05, 0) is 24.3 Å². The minimum absolute atomic E-state index is 0.173. The van der Waals surface area contributed by atoms with Crippen molar-refractivity contribution in [2.75, 3.05) is 5.32 Å². The fourth-order valence-corrected chi connectivity index (χ4v) is 1.27. The van der Waals surface area contributed by atoms with Crippen molar-refractivity contribution in [2.24, 2.45) is 0 Å². The smallest absolute Gasteiger partial charge is 0.335 e. The number of rotatable bonds is 3. The van der Waals surface area contributed by atoms with Crippen molar-refractivity contribution in [3.63, 3.8) is 0 Å². The Morgan fingerprint density at radius 3 is 2.41 bits per heavy atom. The molecule has 86 valence electrons. The molecule has 0 radical (unpaired) electrons. The largest absolute Gasteiger partial charge is 0.478 e. The van der Waals surface area contributed by atoms with E-state index in [-0.39, 0.29) is 11.5 Å². The number of carboxylic acid groups (broad SMARTS) is 1. The van der Waals surface area contributed by atoms with Crippen LogP contribution >= 0.6 is 0 Å². The van der Waals surface area contributed by atoms with Crippen molar-refractivity contribution in [1.29, 1.82) is 0 Å². The lowest BCUT2D eigenvalue weighted by Crippen LogP contribution is -2.11. The summed E-state index contributed by atoms with van der Waals surface area (Å²) in [6, 6.07) is 5.91. The number of anilines is 1. The highest BCUT2D eigenvalue weighted by Crippen LogP contribution is 2.10. The molecule has 0 saturated heterocycles. The number of amides is 1. The number of nitrogens with one attached hydrogen (secondary N) is 2. The van der Waals surface area contributed by atoms with E-state index in [0.717, 1.165) is 0 Å². The number of carboxylic acids is 1. The third-order valence-corrected chi connectivity index (χ3v) is 2.15. The summed E-state index contributed by atoms with van der Waals surface area (Å²) in [7, 11) is 0. The zero-order valence-electron chi connectivity index (χ0n) is 8.68. The van der Waals surface area contributed by atoms with Crippen LogP contribution in [0.5, 0.6) is 0 Å². The maximum absolute atomic E-state index is 11.6. The van der Waals surface area contributed by atoms with Crippen LogP contribution in [0.3, 0.4) is 0 Å². The molecule has 0 fully saturated rings. The highest BCUT2D eigenvalue weighted by atomic mass is 16.4. The second kappa shape index (κ2) is 4.48. The van der Waals surface area contributed by atoms with Crippen LogP contribution in [-0.4, -0.2) is 27.2 Å². The van der Waals surface area contributed by atoms with Crippen LogP contribution in [0, 0.1) is 0 Å². The molecule has 0 unspecified atom stereocenters. The molecule has 0 atom stereocenters. The van der Waals surface area contributed by atoms with Crippen LogP contribution in [0.25, 0.3) is 0 Å². The van der Waals surface area contributed by atoms with Gasteiger partial charge in [-0.25, -0.2) is 4.79 Å². The average molecular weight is 231 g/mol. The quantitative estimate of drug-likeness (QED) is 0.743. The van der Waals surface area contributed by atoms with Crippen molar-refractivity contribution in [1.82, 2.24) is 10.2 Å². The maximum atomic E-state index is 11.6. The van der Waals surface area contributed by atoms with Crippen LogP contribution in [0.4, 0.5) is 5.69 Å². The number of hydrogen-bond acceptors (Lipinski definition) is 3. The molecule has 0 aliphatic rings. The Kier molecular flexibility index (Phi) is 2.87. The number of aromatic amines is 1. The lowest BCUT2D eigenvalue weighted by Gasteiger charge is -2.03. The Bertz CT molecular complexity index is 532. The summed E-state index contributed by atoms with van der Waals surface area (Å²) in [4.78, 5) is 22.2. The molecule has 0 aliphatic carbocycles. The molecule has 0 spiro atoms. The first-order chi connectivity index (χ1) is 8.16. The Morgan fingerprint density at radius 1 is 1.18 bits per heavy atom. The van der Waals surface area contributed by atoms with E-state index >= 15 is 0 Å². The molecule has 0 saturated carbocycles. The molecule has 17 heavy (non-hydrogen) atoms. The Labute approximate surface area is 96.3 Å². The highest BCUT2D eigenvalue weighted by Gasteiger charge is 2.07. The topological polar surface area (TPSA) is 95.1 Å². The number of hydrogen-bond donors (Lipinski definition) is 3. The molecule has 0 aliphatic heterocycles. The number of carbonyl (C=O) groups is 2. The number of H-pyrrole nitrogens is 1. The Balaban J connectivity index is 2.09. The number of aromatic carboxylic acids is 1. The van der Waals surface area contributed by atoms with Gasteiger partial charge in [-0.1, -0.05) is 0 Å². The minimum atomic E-state index is -1.00. The molecule has 2 rings (SSSR count). The summed E-state index contributed by atoms with van der Waals surface area (Å²) in [6.07, 6.45) is 2.88. The molecule has 2 aromatic rings. The molecule has 6 heteroatoms. The zero-order chi connectivity index (χ0) is 12.3. The van der Waals surface area contributed by atoms with Gasteiger partial charge in [0.05, 0.1) is 17.3 Å². The van der Waals surface area contributed by atoms with Crippen LogP contribution in [0.2, 0.25) is 0 Å². The van der Waals surface area contributed by atoms with E-state index in [1.807, 2.05) is 0 Å². The van der Waals surface area contributed by atoms with Gasteiger partial charge in [-0.2, -0.15) is 5.10 Å². The summed E-state index contributed by atoms with van der Waals surface area (Å²) in [5.74, 6) is -1.31. The Morgan fingerprint density at radius 2 is 1.88 bits per heavy atom. The number of carbonyl (C=O) groups excluding carboxylic acids is 1. The zero-order valence-corrected chi connectivity index (χ0v) is 8.68. The molecule has 1 aromatic heterocycles. The van der Waals surface area contributed by atoms with Gasteiger partial charge in [0, 0.05) is 11.9 Å². The number of nitrogens with zero attached hydrogens (tertiary/aromatic N) is 1. The van der Waals surface area contributed by atoms with Crippen molar-refractivity contribution < 1.29 is 14.7 Å². The van der Waals surface area contributed by atoms with Crippen molar-refractivity contribution in [2.45, 2.75) is 0 Å². The summed E-state index contributed by atoms with van der Waals surface area (Å²) in [6.45, 7) is 0. The standard InChI is InChI=1S/C11H9N3O3/c15-10(8-5-12-13-6-8)14-9-3-1-7(2-4-9)11(16)17/h1-6H,(H,12,13)(H,14,15)(H,16,17). The van der Waals surface area contributed by atoms with Crippen molar-refractivity contribution >= 4 is 17.6 Å². The first-order valence-corrected chi connectivity index (χ1v) is 4.80. The third kappa shape index (κ3) is 2.49. The molecule has 0 bridgehead atoms. The monoisotopic (exact) mass is 231 g/mol. The summed E-state index contributed by atoms with van der Waals surface area (Å²) in [5, 5.41) is 17.5. The molecule has 6 nitrogen and oxygen atoms in total. The second-order valence-electron chi connectivity index (χ2n) is 3.32. The van der Waals surface area contributed by atoms with Crippen LogP contribution in [-0.2, 0) is 0 Å². The first-order valence-electron chi connectivity index (χ1n) is 4.80. The predicted molar refractivity (Wildman–Crippen MR) is 59.9 cm³/mol. The third-order valence-electron chi connectivity index (χ3n) is 2.15. The van der Waals surface area contributed by atoms with E-state index in [4.69, 9.17) is 5.11 Å². The van der Waals surface area contributed by atoms with Crippen molar-refractivity contribution in [3.05, 3.63) is 47.8 Å². The van der Waals surface area contributed by atoms with Crippen molar-refractivity contribution in [3.8, 4) is 0 Å². The predicted octanol–water partition coefficient (Wildman–Crippen LogP) is 1.36. The molecule has 3 N–H and O–H groups in total.